The van der Waals surface area contributed by atoms with Crippen LogP contribution in [0.2, 0.25) is 5.02 Å². The fraction of sp³-hybridized carbons (Fsp3) is 0.250. The summed E-state index contributed by atoms with van der Waals surface area (Å²) in [5.41, 5.74) is -4.05. The SMILES string of the molecule is N#Cc1c(C(F)(F)F)ncc(Cl)c1C(F)F. The number of nitrogens with zero attached hydrogens (tertiary/aromatic N) is 2. The standard InChI is InChI=1S/C8H2ClF5N2/c9-4-2-16-6(8(12,13)14)3(1-15)5(4)7(10)11/h2,7H. The van der Waals surface area contributed by atoms with Gasteiger partial charge in [-0.1, -0.05) is 11.6 Å². The van der Waals surface area contributed by atoms with Gasteiger partial charge in [0.25, 0.3) is 6.43 Å². The molecule has 0 bridgehead atoms. The van der Waals surface area contributed by atoms with Crippen molar-refractivity contribution >= 4 is 11.6 Å². The zero-order chi connectivity index (χ0) is 12.5. The fourth-order valence-corrected chi connectivity index (χ4v) is 1.27. The monoisotopic (exact) mass is 256 g/mol. The molecule has 0 aliphatic heterocycles. The predicted molar refractivity (Wildman–Crippen MR) is 43.9 cm³/mol. The molecule has 0 fully saturated rings. The van der Waals surface area contributed by atoms with Crippen molar-refractivity contribution in [3.63, 3.8) is 0 Å². The lowest BCUT2D eigenvalue weighted by molar-refractivity contribution is -0.141. The van der Waals surface area contributed by atoms with E-state index in [1.54, 1.807) is 0 Å². The Morgan fingerprint density at radius 1 is 1.38 bits per heavy atom. The van der Waals surface area contributed by atoms with Gasteiger partial charge in [-0.15, -0.1) is 0 Å². The molecule has 1 aromatic rings. The normalized spacial score (nSPS) is 11.6. The Hall–Kier alpha value is -1.42. The molecule has 1 rings (SSSR count). The van der Waals surface area contributed by atoms with Crippen molar-refractivity contribution in [3.05, 3.63) is 28.0 Å². The lowest BCUT2D eigenvalue weighted by Gasteiger charge is -2.11. The van der Waals surface area contributed by atoms with Gasteiger partial charge in [-0.25, -0.2) is 13.8 Å². The van der Waals surface area contributed by atoms with Crippen LogP contribution in [0.5, 0.6) is 0 Å². The van der Waals surface area contributed by atoms with E-state index in [4.69, 9.17) is 16.9 Å². The Kier molecular flexibility index (Phi) is 3.33. The molecule has 0 radical (unpaired) electrons. The van der Waals surface area contributed by atoms with Crippen molar-refractivity contribution in [1.29, 1.82) is 5.26 Å². The molecule has 16 heavy (non-hydrogen) atoms. The summed E-state index contributed by atoms with van der Waals surface area (Å²) in [4.78, 5) is 2.85. The molecule has 2 nitrogen and oxygen atoms in total. The number of hydrogen-bond acceptors (Lipinski definition) is 2. The number of alkyl halides is 5. The number of nitriles is 1. The highest BCUT2D eigenvalue weighted by atomic mass is 35.5. The second-order valence-corrected chi connectivity index (χ2v) is 3.06. The predicted octanol–water partition coefficient (Wildman–Crippen LogP) is 3.56. The first kappa shape index (κ1) is 12.6. The van der Waals surface area contributed by atoms with E-state index in [2.05, 4.69) is 4.98 Å². The van der Waals surface area contributed by atoms with Gasteiger partial charge in [0.15, 0.2) is 5.69 Å². The summed E-state index contributed by atoms with van der Waals surface area (Å²) >= 11 is 5.26. The van der Waals surface area contributed by atoms with Gasteiger partial charge < -0.3 is 0 Å². The second-order valence-electron chi connectivity index (χ2n) is 2.65. The molecule has 0 unspecified atom stereocenters. The van der Waals surface area contributed by atoms with E-state index >= 15 is 0 Å². The molecule has 0 aliphatic carbocycles. The third-order valence-electron chi connectivity index (χ3n) is 1.67. The van der Waals surface area contributed by atoms with Crippen LogP contribution in [0.15, 0.2) is 6.20 Å². The van der Waals surface area contributed by atoms with Crippen LogP contribution < -0.4 is 0 Å². The largest absolute Gasteiger partial charge is 0.434 e. The zero-order valence-corrected chi connectivity index (χ0v) is 8.07. The van der Waals surface area contributed by atoms with Crippen LogP contribution in [0.25, 0.3) is 0 Å². The van der Waals surface area contributed by atoms with E-state index in [0.717, 1.165) is 6.07 Å². The van der Waals surface area contributed by atoms with Crippen LogP contribution in [0, 0.1) is 11.3 Å². The lowest BCUT2D eigenvalue weighted by atomic mass is 10.1. The van der Waals surface area contributed by atoms with Gasteiger partial charge >= 0.3 is 6.18 Å². The van der Waals surface area contributed by atoms with Crippen molar-refractivity contribution in [2.24, 2.45) is 0 Å². The van der Waals surface area contributed by atoms with E-state index in [9.17, 15) is 22.0 Å². The van der Waals surface area contributed by atoms with Gasteiger partial charge in [0.05, 0.1) is 16.1 Å². The van der Waals surface area contributed by atoms with E-state index in [1.165, 1.54) is 0 Å². The first-order valence-electron chi connectivity index (χ1n) is 3.73. The Morgan fingerprint density at radius 2 is 1.94 bits per heavy atom. The van der Waals surface area contributed by atoms with Crippen LogP contribution in [0.1, 0.15) is 23.2 Å². The van der Waals surface area contributed by atoms with Gasteiger partial charge in [0.2, 0.25) is 0 Å². The van der Waals surface area contributed by atoms with Gasteiger partial charge in [0, 0.05) is 6.20 Å². The van der Waals surface area contributed by atoms with Gasteiger partial charge in [-0.2, -0.15) is 18.4 Å². The summed E-state index contributed by atoms with van der Waals surface area (Å²) < 4.78 is 61.8. The Labute approximate surface area is 91.3 Å². The maximum absolute atomic E-state index is 12.4. The highest BCUT2D eigenvalue weighted by Gasteiger charge is 2.38. The number of halogens is 6. The molecule has 0 spiro atoms. The minimum absolute atomic E-state index is 0.451. The Bertz CT molecular complexity index is 449. The van der Waals surface area contributed by atoms with Crippen molar-refractivity contribution in [1.82, 2.24) is 4.98 Å². The second kappa shape index (κ2) is 4.22. The lowest BCUT2D eigenvalue weighted by Crippen LogP contribution is -2.13. The van der Waals surface area contributed by atoms with Crippen molar-refractivity contribution < 1.29 is 22.0 Å². The summed E-state index contributed by atoms with van der Waals surface area (Å²) in [6, 6.07) is 1.05. The van der Waals surface area contributed by atoms with Crippen LogP contribution >= 0.6 is 11.6 Å². The van der Waals surface area contributed by atoms with E-state index in [0.29, 0.717) is 6.20 Å². The van der Waals surface area contributed by atoms with E-state index in [1.807, 2.05) is 0 Å². The Balaban J connectivity index is 3.58. The summed E-state index contributed by atoms with van der Waals surface area (Å²) in [5, 5.41) is 7.79. The van der Waals surface area contributed by atoms with Crippen LogP contribution in [0.4, 0.5) is 22.0 Å². The van der Waals surface area contributed by atoms with Crippen molar-refractivity contribution in [2.75, 3.05) is 0 Å². The summed E-state index contributed by atoms with van der Waals surface area (Å²) in [6.07, 6.45) is -7.79. The number of pyridine rings is 1. The molecule has 0 aliphatic rings. The third-order valence-corrected chi connectivity index (χ3v) is 1.97. The van der Waals surface area contributed by atoms with Gasteiger partial charge in [-0.05, 0) is 0 Å². The highest BCUT2D eigenvalue weighted by Crippen LogP contribution is 2.37. The minimum Gasteiger partial charge on any atom is -0.249 e. The molecule has 0 aromatic carbocycles. The average Bonchev–Trinajstić information content (AvgIpc) is 2.14. The van der Waals surface area contributed by atoms with E-state index < -0.39 is 34.4 Å². The van der Waals surface area contributed by atoms with Crippen molar-refractivity contribution in [2.45, 2.75) is 12.6 Å². The smallest absolute Gasteiger partial charge is 0.249 e. The van der Waals surface area contributed by atoms with Gasteiger partial charge in [0.1, 0.15) is 6.07 Å². The zero-order valence-electron chi connectivity index (χ0n) is 7.32. The first-order chi connectivity index (χ1) is 7.29. The molecule has 0 saturated heterocycles. The first-order valence-corrected chi connectivity index (χ1v) is 4.10. The molecule has 0 amide bonds. The molecule has 0 saturated carbocycles. The van der Waals surface area contributed by atoms with Crippen LogP contribution in [0.3, 0.4) is 0 Å². The molecular formula is C8H2ClF5N2. The topological polar surface area (TPSA) is 36.7 Å². The number of hydrogen-bond donors (Lipinski definition) is 0. The van der Waals surface area contributed by atoms with Crippen LogP contribution in [-0.2, 0) is 6.18 Å². The maximum Gasteiger partial charge on any atom is 0.434 e. The molecule has 8 heteroatoms. The van der Waals surface area contributed by atoms with Gasteiger partial charge in [-0.3, -0.25) is 0 Å². The molecule has 0 atom stereocenters. The third kappa shape index (κ3) is 2.22. The molecule has 0 N–H and O–H groups in total. The molecular weight excluding hydrogens is 255 g/mol. The molecule has 1 heterocycles. The van der Waals surface area contributed by atoms with Crippen molar-refractivity contribution in [3.8, 4) is 6.07 Å². The quantitative estimate of drug-likeness (QED) is 0.720. The molecule has 1 aromatic heterocycles. The minimum atomic E-state index is -4.97. The number of aromatic nitrogens is 1. The maximum atomic E-state index is 12.4. The summed E-state index contributed by atoms with van der Waals surface area (Å²) in [7, 11) is 0. The summed E-state index contributed by atoms with van der Waals surface area (Å²) in [6.45, 7) is 0. The van der Waals surface area contributed by atoms with E-state index in [-0.39, 0.29) is 0 Å². The Morgan fingerprint density at radius 3 is 2.31 bits per heavy atom. The average molecular weight is 257 g/mol. The fourth-order valence-electron chi connectivity index (χ4n) is 1.04. The van der Waals surface area contributed by atoms with Crippen LogP contribution in [-0.4, -0.2) is 4.98 Å². The molecule has 86 valence electrons. The number of rotatable bonds is 1. The summed E-state index contributed by atoms with van der Waals surface area (Å²) in [5.74, 6) is 0. The highest BCUT2D eigenvalue weighted by molar-refractivity contribution is 6.31.